The fourth-order valence-corrected chi connectivity index (χ4v) is 3.61. The summed E-state index contributed by atoms with van der Waals surface area (Å²) in [5, 5.41) is 0. The van der Waals surface area contributed by atoms with Gasteiger partial charge in [0.1, 0.15) is 0 Å². The smallest absolute Gasteiger partial charge is 0.194 e. The van der Waals surface area contributed by atoms with Crippen LogP contribution in [0.1, 0.15) is 50.7 Å². The molecule has 0 spiro atoms. The van der Waals surface area contributed by atoms with Gasteiger partial charge in [0.25, 0.3) is 0 Å². The monoisotopic (exact) mass is 328 g/mol. The Labute approximate surface area is 135 Å². The molecule has 2 heterocycles. The van der Waals surface area contributed by atoms with Crippen LogP contribution in [0.5, 0.6) is 0 Å². The van der Waals surface area contributed by atoms with Crippen molar-refractivity contribution in [2.24, 2.45) is 11.8 Å². The van der Waals surface area contributed by atoms with E-state index in [-0.39, 0.29) is 12.2 Å². The van der Waals surface area contributed by atoms with Crippen LogP contribution in [0.2, 0.25) is 0 Å². The SMILES string of the molecule is CCC1CCC(C2CCC(c3cc(F)c(F)c(F)c3)OC2)OC1. The molecule has 4 unspecified atom stereocenters. The summed E-state index contributed by atoms with van der Waals surface area (Å²) >= 11 is 0. The van der Waals surface area contributed by atoms with Crippen molar-refractivity contribution in [2.75, 3.05) is 13.2 Å². The van der Waals surface area contributed by atoms with Crippen LogP contribution in [-0.4, -0.2) is 19.3 Å². The third kappa shape index (κ3) is 3.72. The second kappa shape index (κ2) is 7.22. The topological polar surface area (TPSA) is 18.5 Å². The highest BCUT2D eigenvalue weighted by Crippen LogP contribution is 2.36. The van der Waals surface area contributed by atoms with E-state index in [2.05, 4.69) is 6.92 Å². The van der Waals surface area contributed by atoms with Crippen molar-refractivity contribution in [3.63, 3.8) is 0 Å². The number of ether oxygens (including phenoxy) is 2. The first kappa shape index (κ1) is 16.8. The maximum atomic E-state index is 13.3. The van der Waals surface area contributed by atoms with Gasteiger partial charge in [-0.15, -0.1) is 0 Å². The molecule has 2 aliphatic rings. The fourth-order valence-electron chi connectivity index (χ4n) is 3.61. The highest BCUT2D eigenvalue weighted by Gasteiger charge is 2.32. The molecule has 128 valence electrons. The van der Waals surface area contributed by atoms with Gasteiger partial charge in [0, 0.05) is 12.5 Å². The van der Waals surface area contributed by atoms with Crippen molar-refractivity contribution in [1.82, 2.24) is 0 Å². The second-order valence-electron chi connectivity index (χ2n) is 6.68. The molecule has 2 saturated heterocycles. The van der Waals surface area contributed by atoms with E-state index in [1.54, 1.807) is 0 Å². The molecule has 2 aliphatic heterocycles. The minimum atomic E-state index is -1.43. The van der Waals surface area contributed by atoms with Crippen LogP contribution >= 0.6 is 0 Å². The molecule has 23 heavy (non-hydrogen) atoms. The highest BCUT2D eigenvalue weighted by atomic mass is 19.2. The van der Waals surface area contributed by atoms with Crippen LogP contribution in [0.15, 0.2) is 12.1 Å². The standard InChI is InChI=1S/C18H23F3O2/c1-2-11-3-5-16(22-9-11)12-4-6-17(23-10-12)13-7-14(19)18(21)15(20)8-13/h7-8,11-12,16-17H,2-6,9-10H2,1H3. The largest absolute Gasteiger partial charge is 0.378 e. The normalized spacial score (nSPS) is 32.0. The van der Waals surface area contributed by atoms with E-state index in [1.807, 2.05) is 0 Å². The lowest BCUT2D eigenvalue weighted by Crippen LogP contribution is -2.36. The Bertz CT molecular complexity index is 510. The molecular weight excluding hydrogens is 305 g/mol. The average Bonchev–Trinajstić information content (AvgIpc) is 2.59. The quantitative estimate of drug-likeness (QED) is 0.744. The van der Waals surface area contributed by atoms with Crippen LogP contribution in [0.25, 0.3) is 0 Å². The third-order valence-corrected chi connectivity index (χ3v) is 5.20. The molecule has 0 saturated carbocycles. The predicted molar refractivity (Wildman–Crippen MR) is 80.5 cm³/mol. The molecule has 0 radical (unpaired) electrons. The van der Waals surface area contributed by atoms with Crippen LogP contribution in [0.3, 0.4) is 0 Å². The minimum Gasteiger partial charge on any atom is -0.378 e. The van der Waals surface area contributed by atoms with E-state index >= 15 is 0 Å². The summed E-state index contributed by atoms with van der Waals surface area (Å²) in [4.78, 5) is 0. The minimum absolute atomic E-state index is 0.223. The van der Waals surface area contributed by atoms with Crippen LogP contribution in [0, 0.1) is 29.3 Å². The first-order chi connectivity index (χ1) is 11.1. The Morgan fingerprint density at radius 2 is 1.70 bits per heavy atom. The summed E-state index contributed by atoms with van der Waals surface area (Å²) in [6.07, 6.45) is 4.81. The lowest BCUT2D eigenvalue weighted by molar-refractivity contribution is -0.104. The van der Waals surface area contributed by atoms with Gasteiger partial charge in [0.15, 0.2) is 17.5 Å². The van der Waals surface area contributed by atoms with Crippen molar-refractivity contribution < 1.29 is 22.6 Å². The molecule has 5 heteroatoms. The van der Waals surface area contributed by atoms with Crippen LogP contribution in [0.4, 0.5) is 13.2 Å². The van der Waals surface area contributed by atoms with E-state index in [9.17, 15) is 13.2 Å². The van der Waals surface area contributed by atoms with Gasteiger partial charge < -0.3 is 9.47 Å². The molecule has 2 nitrogen and oxygen atoms in total. The van der Waals surface area contributed by atoms with Crippen molar-refractivity contribution >= 4 is 0 Å². The van der Waals surface area contributed by atoms with Gasteiger partial charge in [-0.25, -0.2) is 13.2 Å². The molecule has 0 N–H and O–H groups in total. The summed E-state index contributed by atoms with van der Waals surface area (Å²) < 4.78 is 51.5. The molecule has 0 amide bonds. The van der Waals surface area contributed by atoms with Gasteiger partial charge in [0.2, 0.25) is 0 Å². The Hall–Kier alpha value is -1.07. The molecule has 0 aliphatic carbocycles. The Morgan fingerprint density at radius 1 is 0.957 bits per heavy atom. The van der Waals surface area contributed by atoms with E-state index in [0.29, 0.717) is 30.4 Å². The summed E-state index contributed by atoms with van der Waals surface area (Å²) in [5.74, 6) is -2.75. The molecule has 0 bridgehead atoms. The molecular formula is C18H23F3O2. The summed E-state index contributed by atoms with van der Waals surface area (Å²) in [7, 11) is 0. The van der Waals surface area contributed by atoms with Crippen molar-refractivity contribution in [2.45, 2.75) is 51.2 Å². The summed E-state index contributed by atoms with van der Waals surface area (Å²) in [5.41, 5.74) is 0.371. The van der Waals surface area contributed by atoms with Crippen molar-refractivity contribution in [3.8, 4) is 0 Å². The van der Waals surface area contributed by atoms with Gasteiger partial charge in [0.05, 0.1) is 18.8 Å². The average molecular weight is 328 g/mol. The van der Waals surface area contributed by atoms with E-state index < -0.39 is 17.5 Å². The van der Waals surface area contributed by atoms with Crippen molar-refractivity contribution in [1.29, 1.82) is 0 Å². The van der Waals surface area contributed by atoms with Gasteiger partial charge in [-0.2, -0.15) is 0 Å². The Balaban J connectivity index is 1.56. The first-order valence-corrected chi connectivity index (χ1v) is 8.46. The lowest BCUT2D eigenvalue weighted by atomic mass is 9.85. The number of rotatable bonds is 3. The predicted octanol–water partition coefficient (Wildman–Crippen LogP) is 4.78. The maximum absolute atomic E-state index is 13.3. The first-order valence-electron chi connectivity index (χ1n) is 8.46. The fraction of sp³-hybridized carbons (Fsp3) is 0.667. The number of benzene rings is 1. The van der Waals surface area contributed by atoms with Gasteiger partial charge >= 0.3 is 0 Å². The van der Waals surface area contributed by atoms with Gasteiger partial charge in [-0.05, 0) is 49.3 Å². The van der Waals surface area contributed by atoms with E-state index in [0.717, 1.165) is 38.0 Å². The molecule has 2 fully saturated rings. The summed E-state index contributed by atoms with van der Waals surface area (Å²) in [6.45, 7) is 3.52. The van der Waals surface area contributed by atoms with E-state index in [4.69, 9.17) is 9.47 Å². The van der Waals surface area contributed by atoms with Gasteiger partial charge in [-0.3, -0.25) is 0 Å². The zero-order valence-electron chi connectivity index (χ0n) is 13.4. The zero-order chi connectivity index (χ0) is 16.4. The highest BCUT2D eigenvalue weighted by molar-refractivity contribution is 5.22. The Kier molecular flexibility index (Phi) is 5.27. The zero-order valence-corrected chi connectivity index (χ0v) is 13.4. The van der Waals surface area contributed by atoms with Gasteiger partial charge in [-0.1, -0.05) is 13.3 Å². The van der Waals surface area contributed by atoms with Crippen molar-refractivity contribution in [3.05, 3.63) is 35.1 Å². The molecule has 1 aromatic carbocycles. The summed E-state index contributed by atoms with van der Waals surface area (Å²) in [6, 6.07) is 2.07. The molecule has 0 aromatic heterocycles. The number of halogens is 3. The molecule has 1 aromatic rings. The lowest BCUT2D eigenvalue weighted by Gasteiger charge is -2.37. The van der Waals surface area contributed by atoms with Crippen LogP contribution in [-0.2, 0) is 9.47 Å². The molecule has 4 atom stereocenters. The van der Waals surface area contributed by atoms with E-state index in [1.165, 1.54) is 6.42 Å². The second-order valence-corrected chi connectivity index (χ2v) is 6.68. The Morgan fingerprint density at radius 3 is 2.22 bits per heavy atom. The van der Waals surface area contributed by atoms with Crippen LogP contribution < -0.4 is 0 Å². The number of hydrogen-bond acceptors (Lipinski definition) is 2. The molecule has 3 rings (SSSR count). The maximum Gasteiger partial charge on any atom is 0.194 e. The third-order valence-electron chi connectivity index (χ3n) is 5.20. The number of hydrogen-bond donors (Lipinski definition) is 0.